The highest BCUT2D eigenvalue weighted by Gasteiger charge is 2.11. The fraction of sp³-hybridized carbons (Fsp3) is 0.286. The van der Waals surface area contributed by atoms with Crippen molar-refractivity contribution in [2.45, 2.75) is 20.3 Å². The van der Waals surface area contributed by atoms with E-state index in [-0.39, 0.29) is 0 Å². The standard InChI is InChI=1S/C14H18N4O/c1-4-12-9(2)16-13(17-14(12)18-15)10-6-5-7-11(8-10)19-3/h5-8H,4,15H2,1-3H3,(H,16,17,18). The summed E-state index contributed by atoms with van der Waals surface area (Å²) in [6, 6.07) is 7.65. The molecule has 100 valence electrons. The molecule has 0 bridgehead atoms. The van der Waals surface area contributed by atoms with E-state index in [1.807, 2.05) is 31.2 Å². The summed E-state index contributed by atoms with van der Waals surface area (Å²) in [5.74, 6) is 7.63. The molecular formula is C14H18N4O. The van der Waals surface area contributed by atoms with Crippen molar-refractivity contribution in [1.29, 1.82) is 0 Å². The quantitative estimate of drug-likeness (QED) is 0.650. The lowest BCUT2D eigenvalue weighted by Gasteiger charge is -2.11. The van der Waals surface area contributed by atoms with E-state index in [9.17, 15) is 0 Å². The predicted octanol–water partition coefficient (Wildman–Crippen LogP) is 2.31. The van der Waals surface area contributed by atoms with E-state index in [4.69, 9.17) is 10.6 Å². The fourth-order valence-electron chi connectivity index (χ4n) is 2.03. The fourth-order valence-corrected chi connectivity index (χ4v) is 2.03. The van der Waals surface area contributed by atoms with Gasteiger partial charge in [0.25, 0.3) is 0 Å². The summed E-state index contributed by atoms with van der Waals surface area (Å²) in [6.45, 7) is 4.02. The Kier molecular flexibility index (Phi) is 3.97. The highest BCUT2D eigenvalue weighted by Crippen LogP contribution is 2.24. The van der Waals surface area contributed by atoms with Crippen molar-refractivity contribution in [3.63, 3.8) is 0 Å². The molecule has 5 nitrogen and oxygen atoms in total. The number of aromatic nitrogens is 2. The number of benzene rings is 1. The van der Waals surface area contributed by atoms with E-state index in [2.05, 4.69) is 22.3 Å². The van der Waals surface area contributed by atoms with Crippen LogP contribution in [0.1, 0.15) is 18.2 Å². The number of hydrogen-bond donors (Lipinski definition) is 2. The second-order valence-corrected chi connectivity index (χ2v) is 4.19. The van der Waals surface area contributed by atoms with E-state index < -0.39 is 0 Å². The molecule has 0 radical (unpaired) electrons. The van der Waals surface area contributed by atoms with Crippen molar-refractivity contribution < 1.29 is 4.74 Å². The molecule has 0 aliphatic carbocycles. The minimum atomic E-state index is 0.640. The molecule has 1 aromatic carbocycles. The van der Waals surface area contributed by atoms with Crippen LogP contribution in [0.2, 0.25) is 0 Å². The van der Waals surface area contributed by atoms with Gasteiger partial charge in [0, 0.05) is 16.8 Å². The Balaban J connectivity index is 2.53. The molecule has 0 atom stereocenters. The van der Waals surface area contributed by atoms with Crippen LogP contribution in [0.25, 0.3) is 11.4 Å². The van der Waals surface area contributed by atoms with Crippen molar-refractivity contribution in [2.24, 2.45) is 5.84 Å². The first kappa shape index (κ1) is 13.3. The van der Waals surface area contributed by atoms with Crippen LogP contribution >= 0.6 is 0 Å². The van der Waals surface area contributed by atoms with Gasteiger partial charge in [-0.05, 0) is 25.5 Å². The van der Waals surface area contributed by atoms with Crippen molar-refractivity contribution in [2.75, 3.05) is 12.5 Å². The van der Waals surface area contributed by atoms with Gasteiger partial charge in [-0.2, -0.15) is 0 Å². The largest absolute Gasteiger partial charge is 0.497 e. The number of hydrogen-bond acceptors (Lipinski definition) is 5. The predicted molar refractivity (Wildman–Crippen MR) is 75.9 cm³/mol. The number of ether oxygens (including phenoxy) is 1. The Morgan fingerprint density at radius 1 is 1.32 bits per heavy atom. The molecule has 5 heteroatoms. The van der Waals surface area contributed by atoms with Crippen LogP contribution in [-0.2, 0) is 6.42 Å². The number of nitrogens with two attached hydrogens (primary N) is 1. The number of anilines is 1. The Morgan fingerprint density at radius 3 is 2.74 bits per heavy atom. The number of aryl methyl sites for hydroxylation is 1. The van der Waals surface area contributed by atoms with Crippen molar-refractivity contribution in [1.82, 2.24) is 9.97 Å². The molecular weight excluding hydrogens is 240 g/mol. The van der Waals surface area contributed by atoms with Gasteiger partial charge in [0.2, 0.25) is 0 Å². The maximum absolute atomic E-state index is 5.53. The smallest absolute Gasteiger partial charge is 0.161 e. The van der Waals surface area contributed by atoms with Gasteiger partial charge < -0.3 is 10.2 Å². The molecule has 2 aromatic rings. The van der Waals surface area contributed by atoms with Crippen molar-refractivity contribution in [3.05, 3.63) is 35.5 Å². The third kappa shape index (κ3) is 2.66. The molecule has 0 aliphatic rings. The Bertz CT molecular complexity index is 584. The first-order chi connectivity index (χ1) is 9.19. The Labute approximate surface area is 112 Å². The van der Waals surface area contributed by atoms with Gasteiger partial charge in [0.05, 0.1) is 7.11 Å². The van der Waals surface area contributed by atoms with Crippen LogP contribution in [0.5, 0.6) is 5.75 Å². The van der Waals surface area contributed by atoms with Gasteiger partial charge >= 0.3 is 0 Å². The van der Waals surface area contributed by atoms with Gasteiger partial charge in [-0.25, -0.2) is 15.8 Å². The highest BCUT2D eigenvalue weighted by molar-refractivity contribution is 5.61. The van der Waals surface area contributed by atoms with Crippen molar-refractivity contribution >= 4 is 5.82 Å². The van der Waals surface area contributed by atoms with Crippen molar-refractivity contribution in [3.8, 4) is 17.1 Å². The topological polar surface area (TPSA) is 73.1 Å². The van der Waals surface area contributed by atoms with Crippen LogP contribution < -0.4 is 16.0 Å². The summed E-state index contributed by atoms with van der Waals surface area (Å²) in [7, 11) is 1.64. The van der Waals surface area contributed by atoms with Gasteiger partial charge in [0.15, 0.2) is 5.82 Å². The van der Waals surface area contributed by atoms with E-state index in [1.165, 1.54) is 0 Å². The maximum Gasteiger partial charge on any atom is 0.161 e. The average Bonchev–Trinajstić information content (AvgIpc) is 2.46. The molecule has 0 fully saturated rings. The van der Waals surface area contributed by atoms with Gasteiger partial charge in [-0.15, -0.1) is 0 Å². The molecule has 3 N–H and O–H groups in total. The summed E-state index contributed by atoms with van der Waals surface area (Å²) in [5, 5.41) is 0. The zero-order chi connectivity index (χ0) is 13.8. The van der Waals surface area contributed by atoms with Gasteiger partial charge in [-0.3, -0.25) is 0 Å². The highest BCUT2D eigenvalue weighted by atomic mass is 16.5. The lowest BCUT2D eigenvalue weighted by atomic mass is 10.1. The Morgan fingerprint density at radius 2 is 2.11 bits per heavy atom. The molecule has 1 aromatic heterocycles. The van der Waals surface area contributed by atoms with Crippen LogP contribution in [-0.4, -0.2) is 17.1 Å². The molecule has 0 spiro atoms. The number of hydrazine groups is 1. The van der Waals surface area contributed by atoms with Crippen LogP contribution in [0.3, 0.4) is 0 Å². The van der Waals surface area contributed by atoms with Crippen LogP contribution in [0.4, 0.5) is 5.82 Å². The summed E-state index contributed by atoms with van der Waals surface area (Å²) >= 11 is 0. The molecule has 0 aliphatic heterocycles. The minimum Gasteiger partial charge on any atom is -0.497 e. The molecule has 19 heavy (non-hydrogen) atoms. The van der Waals surface area contributed by atoms with Gasteiger partial charge in [-0.1, -0.05) is 19.1 Å². The second-order valence-electron chi connectivity index (χ2n) is 4.19. The average molecular weight is 258 g/mol. The molecule has 0 amide bonds. The maximum atomic E-state index is 5.53. The third-order valence-electron chi connectivity index (χ3n) is 3.03. The van der Waals surface area contributed by atoms with E-state index in [0.29, 0.717) is 11.6 Å². The number of nitrogen functional groups attached to an aromatic ring is 1. The van der Waals surface area contributed by atoms with Crippen LogP contribution in [0.15, 0.2) is 24.3 Å². The zero-order valence-electron chi connectivity index (χ0n) is 11.4. The second kappa shape index (κ2) is 5.67. The number of methoxy groups -OCH3 is 1. The lowest BCUT2D eigenvalue weighted by Crippen LogP contribution is -2.13. The molecule has 0 unspecified atom stereocenters. The molecule has 0 saturated carbocycles. The Hall–Kier alpha value is -2.14. The number of rotatable bonds is 4. The van der Waals surface area contributed by atoms with E-state index >= 15 is 0 Å². The number of nitrogens with zero attached hydrogens (tertiary/aromatic N) is 2. The summed E-state index contributed by atoms with van der Waals surface area (Å²) in [6.07, 6.45) is 0.837. The first-order valence-corrected chi connectivity index (χ1v) is 6.18. The van der Waals surface area contributed by atoms with E-state index in [1.54, 1.807) is 7.11 Å². The minimum absolute atomic E-state index is 0.640. The van der Waals surface area contributed by atoms with E-state index in [0.717, 1.165) is 29.0 Å². The zero-order valence-corrected chi connectivity index (χ0v) is 11.4. The lowest BCUT2D eigenvalue weighted by molar-refractivity contribution is 0.415. The molecule has 1 heterocycles. The number of nitrogens with one attached hydrogen (secondary N) is 1. The first-order valence-electron chi connectivity index (χ1n) is 6.18. The van der Waals surface area contributed by atoms with Gasteiger partial charge in [0.1, 0.15) is 11.6 Å². The summed E-state index contributed by atoms with van der Waals surface area (Å²) in [5.41, 5.74) is 5.52. The normalized spacial score (nSPS) is 10.3. The molecule has 2 rings (SSSR count). The summed E-state index contributed by atoms with van der Waals surface area (Å²) < 4.78 is 5.21. The van der Waals surface area contributed by atoms with Crippen LogP contribution in [0, 0.1) is 6.92 Å². The SMILES string of the molecule is CCc1c(C)nc(-c2cccc(OC)c2)nc1NN. The summed E-state index contributed by atoms with van der Waals surface area (Å²) in [4.78, 5) is 9.00. The monoisotopic (exact) mass is 258 g/mol. The third-order valence-corrected chi connectivity index (χ3v) is 3.03. The molecule has 0 saturated heterocycles.